The van der Waals surface area contributed by atoms with E-state index >= 15 is 0 Å². The smallest absolute Gasteiger partial charge is 0.225 e. The highest BCUT2D eigenvalue weighted by Gasteiger charge is 2.02. The fourth-order valence-electron chi connectivity index (χ4n) is 1.61. The number of benzene rings is 1. The van der Waals surface area contributed by atoms with Crippen molar-refractivity contribution in [2.24, 2.45) is 0 Å². The largest absolute Gasteiger partial charge is 0.497 e. The zero-order chi connectivity index (χ0) is 13.7. The highest BCUT2D eigenvalue weighted by Crippen LogP contribution is 2.17. The summed E-state index contributed by atoms with van der Waals surface area (Å²) >= 11 is 0. The topological polar surface area (TPSA) is 82.3 Å². The average molecular weight is 260 g/mol. The van der Waals surface area contributed by atoms with Crippen LogP contribution in [-0.4, -0.2) is 24.2 Å². The molecule has 6 heteroatoms. The number of nitrogens with one attached hydrogen (secondary N) is 1. The summed E-state index contributed by atoms with van der Waals surface area (Å²) in [5, 5.41) is 3.16. The van der Waals surface area contributed by atoms with Crippen LogP contribution in [0.3, 0.4) is 0 Å². The fraction of sp³-hybridized carbons (Fsp3) is 0.231. The Morgan fingerprint density at radius 1 is 1.16 bits per heavy atom. The van der Waals surface area contributed by atoms with E-state index < -0.39 is 0 Å². The van der Waals surface area contributed by atoms with Gasteiger partial charge in [-0.25, -0.2) is 0 Å². The van der Waals surface area contributed by atoms with Crippen molar-refractivity contribution in [3.63, 3.8) is 0 Å². The molecule has 0 aliphatic carbocycles. The first-order chi connectivity index (χ1) is 9.21. The second kappa shape index (κ2) is 5.90. The third-order valence-electron chi connectivity index (χ3n) is 2.54. The lowest BCUT2D eigenvalue weighted by Crippen LogP contribution is -2.05. The molecule has 0 fully saturated rings. The molecule has 3 N–H and O–H groups in total. The Kier molecular flexibility index (Phi) is 4.02. The number of aromatic nitrogens is 2. The number of nitrogen functional groups attached to an aromatic ring is 1. The molecular weight excluding hydrogens is 244 g/mol. The number of anilines is 2. The first-order valence-electron chi connectivity index (χ1n) is 5.76. The van der Waals surface area contributed by atoms with Gasteiger partial charge in [0, 0.05) is 12.6 Å². The Bertz CT molecular complexity index is 560. The minimum atomic E-state index is 0.174. The van der Waals surface area contributed by atoms with Crippen LogP contribution in [0.5, 0.6) is 11.6 Å². The van der Waals surface area contributed by atoms with Crippen LogP contribution < -0.4 is 20.5 Å². The minimum Gasteiger partial charge on any atom is -0.497 e. The maximum absolute atomic E-state index is 5.59. The number of methoxy groups -OCH3 is 2. The van der Waals surface area contributed by atoms with Crippen molar-refractivity contribution < 1.29 is 9.47 Å². The molecule has 1 aromatic heterocycles. The van der Waals surface area contributed by atoms with E-state index in [1.807, 2.05) is 24.3 Å². The molecule has 0 aliphatic rings. The molecular formula is C13H16N4O2. The zero-order valence-electron chi connectivity index (χ0n) is 10.9. The third kappa shape index (κ3) is 3.48. The highest BCUT2D eigenvalue weighted by molar-refractivity contribution is 5.43. The monoisotopic (exact) mass is 260 g/mol. The van der Waals surface area contributed by atoms with Gasteiger partial charge in [0.05, 0.1) is 14.2 Å². The number of nitrogens with two attached hydrogens (primary N) is 1. The summed E-state index contributed by atoms with van der Waals surface area (Å²) in [5.41, 5.74) is 6.67. The lowest BCUT2D eigenvalue weighted by Gasteiger charge is -2.08. The Hall–Kier alpha value is -2.50. The minimum absolute atomic E-state index is 0.174. The van der Waals surface area contributed by atoms with E-state index in [1.165, 1.54) is 7.11 Å². The second-order valence-corrected chi connectivity index (χ2v) is 3.86. The van der Waals surface area contributed by atoms with Gasteiger partial charge in [-0.2, -0.15) is 9.97 Å². The van der Waals surface area contributed by atoms with Crippen LogP contribution in [-0.2, 0) is 6.54 Å². The van der Waals surface area contributed by atoms with Crippen LogP contribution in [0.4, 0.5) is 11.8 Å². The van der Waals surface area contributed by atoms with Crippen molar-refractivity contribution in [2.75, 3.05) is 25.3 Å². The molecule has 6 nitrogen and oxygen atoms in total. The maximum atomic E-state index is 5.59. The van der Waals surface area contributed by atoms with Crippen molar-refractivity contribution in [3.8, 4) is 11.6 Å². The standard InChI is InChI=1S/C13H16N4O2/c1-18-10-5-3-4-9(6-10)8-15-11-7-12(19-2)17-13(14)16-11/h3-7H,8H2,1-2H3,(H3,14,15,16,17). The number of hydrogen-bond acceptors (Lipinski definition) is 6. The molecule has 0 saturated heterocycles. The van der Waals surface area contributed by atoms with Gasteiger partial charge in [0.25, 0.3) is 0 Å². The van der Waals surface area contributed by atoms with Crippen LogP contribution in [0, 0.1) is 0 Å². The van der Waals surface area contributed by atoms with Gasteiger partial charge in [-0.1, -0.05) is 12.1 Å². The van der Waals surface area contributed by atoms with Gasteiger partial charge >= 0.3 is 0 Å². The molecule has 0 aliphatic heterocycles. The van der Waals surface area contributed by atoms with E-state index in [2.05, 4.69) is 15.3 Å². The molecule has 0 amide bonds. The van der Waals surface area contributed by atoms with E-state index in [4.69, 9.17) is 15.2 Å². The van der Waals surface area contributed by atoms with Gasteiger partial charge < -0.3 is 20.5 Å². The molecule has 0 radical (unpaired) electrons. The molecule has 1 aromatic carbocycles. The van der Waals surface area contributed by atoms with Gasteiger partial charge in [0.2, 0.25) is 11.8 Å². The highest BCUT2D eigenvalue weighted by atomic mass is 16.5. The van der Waals surface area contributed by atoms with Crippen LogP contribution in [0.15, 0.2) is 30.3 Å². The molecule has 0 saturated carbocycles. The van der Waals surface area contributed by atoms with E-state index in [0.29, 0.717) is 18.2 Å². The van der Waals surface area contributed by atoms with Crippen LogP contribution in [0.2, 0.25) is 0 Å². The van der Waals surface area contributed by atoms with Crippen molar-refractivity contribution in [1.82, 2.24) is 9.97 Å². The summed E-state index contributed by atoms with van der Waals surface area (Å²) < 4.78 is 10.2. The lowest BCUT2D eigenvalue weighted by atomic mass is 10.2. The molecule has 0 spiro atoms. The molecule has 0 atom stereocenters. The molecule has 1 heterocycles. The molecule has 19 heavy (non-hydrogen) atoms. The average Bonchev–Trinajstić information content (AvgIpc) is 2.44. The van der Waals surface area contributed by atoms with Gasteiger partial charge in [-0.05, 0) is 17.7 Å². The van der Waals surface area contributed by atoms with Gasteiger partial charge in [0.15, 0.2) is 0 Å². The van der Waals surface area contributed by atoms with Crippen molar-refractivity contribution in [1.29, 1.82) is 0 Å². The Balaban J connectivity index is 2.07. The molecule has 2 rings (SSSR count). The van der Waals surface area contributed by atoms with Crippen LogP contribution >= 0.6 is 0 Å². The zero-order valence-corrected chi connectivity index (χ0v) is 10.9. The number of hydrogen-bond donors (Lipinski definition) is 2. The number of ether oxygens (including phenoxy) is 2. The van der Waals surface area contributed by atoms with Crippen molar-refractivity contribution in [2.45, 2.75) is 6.54 Å². The number of rotatable bonds is 5. The van der Waals surface area contributed by atoms with E-state index in [0.717, 1.165) is 11.3 Å². The SMILES string of the molecule is COc1cccc(CNc2cc(OC)nc(N)n2)c1. The number of nitrogens with zero attached hydrogens (tertiary/aromatic N) is 2. The fourth-order valence-corrected chi connectivity index (χ4v) is 1.61. The maximum Gasteiger partial charge on any atom is 0.225 e. The summed E-state index contributed by atoms with van der Waals surface area (Å²) in [4.78, 5) is 8.00. The Morgan fingerprint density at radius 2 is 2.00 bits per heavy atom. The summed E-state index contributed by atoms with van der Waals surface area (Å²) in [6.07, 6.45) is 0. The summed E-state index contributed by atoms with van der Waals surface area (Å²) in [7, 11) is 3.18. The predicted molar refractivity (Wildman–Crippen MR) is 73.3 cm³/mol. The van der Waals surface area contributed by atoms with Crippen LogP contribution in [0.1, 0.15) is 5.56 Å². The van der Waals surface area contributed by atoms with Crippen LogP contribution in [0.25, 0.3) is 0 Å². The van der Waals surface area contributed by atoms with Gasteiger partial charge in [0.1, 0.15) is 11.6 Å². The summed E-state index contributed by atoms with van der Waals surface area (Å²) in [6, 6.07) is 9.47. The lowest BCUT2D eigenvalue weighted by molar-refractivity contribution is 0.398. The Morgan fingerprint density at radius 3 is 2.74 bits per heavy atom. The Labute approximate surface area is 111 Å². The normalized spacial score (nSPS) is 10.0. The second-order valence-electron chi connectivity index (χ2n) is 3.86. The molecule has 2 aromatic rings. The first-order valence-corrected chi connectivity index (χ1v) is 5.76. The summed E-state index contributed by atoms with van der Waals surface area (Å²) in [6.45, 7) is 0.608. The van der Waals surface area contributed by atoms with E-state index in [9.17, 15) is 0 Å². The molecule has 0 bridgehead atoms. The van der Waals surface area contributed by atoms with Crippen molar-refractivity contribution >= 4 is 11.8 Å². The molecule has 100 valence electrons. The molecule has 0 unspecified atom stereocenters. The third-order valence-corrected chi connectivity index (χ3v) is 2.54. The summed E-state index contributed by atoms with van der Waals surface area (Å²) in [5.74, 6) is 2.04. The predicted octanol–water partition coefficient (Wildman–Crippen LogP) is 1.69. The van der Waals surface area contributed by atoms with Gasteiger partial charge in [-0.15, -0.1) is 0 Å². The van der Waals surface area contributed by atoms with Crippen molar-refractivity contribution in [3.05, 3.63) is 35.9 Å². The quantitative estimate of drug-likeness (QED) is 0.851. The van der Waals surface area contributed by atoms with Gasteiger partial charge in [-0.3, -0.25) is 0 Å². The first kappa shape index (κ1) is 12.9. The van der Waals surface area contributed by atoms with E-state index in [1.54, 1.807) is 13.2 Å². The van der Waals surface area contributed by atoms with E-state index in [-0.39, 0.29) is 5.95 Å².